The van der Waals surface area contributed by atoms with E-state index in [1.165, 1.54) is 52.8 Å². The van der Waals surface area contributed by atoms with Gasteiger partial charge in [-0.15, -0.1) is 6.58 Å². The van der Waals surface area contributed by atoms with E-state index in [1.54, 1.807) is 6.08 Å². The summed E-state index contributed by atoms with van der Waals surface area (Å²) in [5, 5.41) is 16.2. The van der Waals surface area contributed by atoms with Crippen LogP contribution in [0.1, 0.15) is 104 Å². The molecule has 0 aliphatic carbocycles. The number of likely N-dealkylation sites (tertiary alicyclic amines) is 1. The van der Waals surface area contributed by atoms with Gasteiger partial charge in [-0.05, 0) is 107 Å². The van der Waals surface area contributed by atoms with E-state index in [2.05, 4.69) is 101 Å². The summed E-state index contributed by atoms with van der Waals surface area (Å²) in [5.41, 5.74) is 7.87. The lowest BCUT2D eigenvalue weighted by atomic mass is 9.93. The molecule has 0 bridgehead atoms. The van der Waals surface area contributed by atoms with Gasteiger partial charge in [-0.1, -0.05) is 57.9 Å². The van der Waals surface area contributed by atoms with Crippen LogP contribution in [0, 0.1) is 6.92 Å². The van der Waals surface area contributed by atoms with Gasteiger partial charge in [0, 0.05) is 25.4 Å². The van der Waals surface area contributed by atoms with Gasteiger partial charge in [-0.3, -0.25) is 0 Å². The van der Waals surface area contributed by atoms with E-state index in [0.29, 0.717) is 6.04 Å². The monoisotopic (exact) mass is 545 g/mol. The number of thiol groups is 1. The Bertz CT molecular complexity index is 856. The van der Waals surface area contributed by atoms with Gasteiger partial charge in [-0.2, -0.15) is 12.6 Å². The number of rotatable bonds is 11. The van der Waals surface area contributed by atoms with Crippen LogP contribution in [0.4, 0.5) is 0 Å². The molecule has 0 radical (unpaired) electrons. The average Bonchev–Trinajstić information content (AvgIpc) is 2.91. The van der Waals surface area contributed by atoms with Gasteiger partial charge in [0.25, 0.3) is 0 Å². The smallest absolute Gasteiger partial charge is 0.102 e. The topological polar surface area (TPSA) is 47.5 Å². The SMILES string of the molecule is C=CC.CCCC(O)CCC.CCN1CCCC(N/C(NC)=C(C)/C(C)=C(\C)c2ccc(CS)cc2C)C1. The zero-order chi connectivity index (χ0) is 29.1. The molecule has 0 spiro atoms. The highest BCUT2D eigenvalue weighted by atomic mass is 32.1. The molecule has 5 heteroatoms. The van der Waals surface area contributed by atoms with Crippen molar-refractivity contribution in [1.29, 1.82) is 0 Å². The summed E-state index contributed by atoms with van der Waals surface area (Å²) in [7, 11) is 2.02. The molecule has 38 heavy (non-hydrogen) atoms. The molecular formula is C33H59N3OS. The zero-order valence-corrected chi connectivity index (χ0v) is 27.0. The standard InChI is InChI=1S/C23H37N3S.C7H16O.C3H6/c1-7-26-12-8-9-21(14-26)25-23(24-6)19(5)17(3)18(4)22-11-10-20(15-27)13-16(22)2;1-3-5-7(8)6-4-2;1-3-2/h10-11,13,21,24-25,27H,7-9,12,14-15H2,1-6H3;7-8H,3-6H2,1-2H3;3H,1H2,2H3/b18-17+,23-19+;;. The van der Waals surface area contributed by atoms with Crippen LogP contribution in [-0.2, 0) is 5.75 Å². The van der Waals surface area contributed by atoms with Crippen molar-refractivity contribution in [2.75, 3.05) is 26.7 Å². The predicted molar refractivity (Wildman–Crippen MR) is 174 cm³/mol. The van der Waals surface area contributed by atoms with E-state index in [9.17, 15) is 0 Å². The normalized spacial score (nSPS) is 16.8. The number of hydrogen-bond acceptors (Lipinski definition) is 5. The van der Waals surface area contributed by atoms with Gasteiger partial charge < -0.3 is 20.6 Å². The van der Waals surface area contributed by atoms with E-state index in [1.807, 2.05) is 14.0 Å². The zero-order valence-electron chi connectivity index (χ0n) is 26.1. The molecule has 218 valence electrons. The molecule has 1 fully saturated rings. The third kappa shape index (κ3) is 13.4. The van der Waals surface area contributed by atoms with E-state index in [4.69, 9.17) is 5.11 Å². The molecule has 1 heterocycles. The third-order valence-electron chi connectivity index (χ3n) is 7.17. The first kappa shape index (κ1) is 36.3. The van der Waals surface area contributed by atoms with Crippen LogP contribution < -0.4 is 10.6 Å². The lowest BCUT2D eigenvalue weighted by Gasteiger charge is -2.34. The first-order valence-electron chi connectivity index (χ1n) is 14.6. The van der Waals surface area contributed by atoms with Gasteiger partial charge in [0.1, 0.15) is 5.82 Å². The highest BCUT2D eigenvalue weighted by molar-refractivity contribution is 7.79. The summed E-state index contributed by atoms with van der Waals surface area (Å²) < 4.78 is 0. The number of nitrogens with zero attached hydrogens (tertiary/aromatic N) is 1. The Hall–Kier alpha value is -1.69. The molecule has 4 nitrogen and oxygen atoms in total. The number of aryl methyl sites for hydroxylation is 1. The summed E-state index contributed by atoms with van der Waals surface area (Å²) in [4.78, 5) is 2.53. The molecule has 1 saturated heterocycles. The average molecular weight is 546 g/mol. The van der Waals surface area contributed by atoms with Crippen LogP contribution in [0.25, 0.3) is 5.57 Å². The van der Waals surface area contributed by atoms with Gasteiger partial charge in [0.15, 0.2) is 0 Å². The summed E-state index contributed by atoms with van der Waals surface area (Å²) in [5.74, 6) is 1.94. The van der Waals surface area contributed by atoms with Gasteiger partial charge in [0.05, 0.1) is 6.10 Å². The van der Waals surface area contributed by atoms with Crippen molar-refractivity contribution in [1.82, 2.24) is 15.5 Å². The van der Waals surface area contributed by atoms with E-state index >= 15 is 0 Å². The fourth-order valence-corrected chi connectivity index (χ4v) is 4.96. The van der Waals surface area contributed by atoms with E-state index < -0.39 is 0 Å². The Morgan fingerprint density at radius 2 is 1.76 bits per heavy atom. The minimum atomic E-state index is -0.0370. The molecule has 1 aromatic rings. The van der Waals surface area contributed by atoms with Crippen molar-refractivity contribution in [2.24, 2.45) is 0 Å². The van der Waals surface area contributed by atoms with Gasteiger partial charge in [-0.25, -0.2) is 0 Å². The second kappa shape index (κ2) is 21.2. The lowest BCUT2D eigenvalue weighted by molar-refractivity contribution is 0.153. The molecule has 0 aromatic heterocycles. The Labute approximate surface area is 241 Å². The van der Waals surface area contributed by atoms with Crippen molar-refractivity contribution in [2.45, 2.75) is 112 Å². The Kier molecular flexibility index (Phi) is 20.2. The summed E-state index contributed by atoms with van der Waals surface area (Å²) in [6.07, 6.45) is 8.35. The quantitative estimate of drug-likeness (QED) is 0.130. The molecule has 3 N–H and O–H groups in total. The summed E-state index contributed by atoms with van der Waals surface area (Å²) in [6, 6.07) is 7.18. The number of hydrogen-bond donors (Lipinski definition) is 4. The van der Waals surface area contributed by atoms with Crippen molar-refractivity contribution in [3.8, 4) is 0 Å². The number of aliphatic hydroxyl groups is 1. The number of nitrogens with one attached hydrogen (secondary N) is 2. The number of allylic oxidation sites excluding steroid dienone is 4. The maximum atomic E-state index is 9.05. The van der Waals surface area contributed by atoms with Gasteiger partial charge >= 0.3 is 0 Å². The highest BCUT2D eigenvalue weighted by Gasteiger charge is 2.20. The van der Waals surface area contributed by atoms with Crippen LogP contribution in [0.15, 0.2) is 47.8 Å². The molecule has 0 amide bonds. The minimum absolute atomic E-state index is 0.0370. The molecule has 1 aromatic carbocycles. The second-order valence-corrected chi connectivity index (χ2v) is 10.6. The Morgan fingerprint density at radius 3 is 2.24 bits per heavy atom. The molecule has 1 aliphatic heterocycles. The first-order valence-corrected chi connectivity index (χ1v) is 15.3. The van der Waals surface area contributed by atoms with Crippen molar-refractivity contribution < 1.29 is 5.11 Å². The summed E-state index contributed by atoms with van der Waals surface area (Å²) >= 11 is 4.39. The van der Waals surface area contributed by atoms with Crippen LogP contribution >= 0.6 is 12.6 Å². The lowest BCUT2D eigenvalue weighted by Crippen LogP contribution is -2.47. The molecule has 1 unspecified atom stereocenters. The number of benzene rings is 1. The molecule has 0 saturated carbocycles. The first-order chi connectivity index (χ1) is 18.1. The minimum Gasteiger partial charge on any atom is -0.393 e. The van der Waals surface area contributed by atoms with Crippen LogP contribution in [0.5, 0.6) is 0 Å². The Morgan fingerprint density at radius 1 is 1.16 bits per heavy atom. The number of likely N-dealkylation sites (N-methyl/N-ethyl adjacent to an activating group) is 1. The van der Waals surface area contributed by atoms with Crippen molar-refractivity contribution in [3.63, 3.8) is 0 Å². The van der Waals surface area contributed by atoms with E-state index in [-0.39, 0.29) is 6.10 Å². The molecule has 2 rings (SSSR count). The maximum absolute atomic E-state index is 9.05. The highest BCUT2D eigenvalue weighted by Crippen LogP contribution is 2.27. The van der Waals surface area contributed by atoms with E-state index in [0.717, 1.165) is 50.3 Å². The maximum Gasteiger partial charge on any atom is 0.102 e. The van der Waals surface area contributed by atoms with Crippen LogP contribution in [0.3, 0.4) is 0 Å². The largest absolute Gasteiger partial charge is 0.393 e. The molecule has 1 atom stereocenters. The second-order valence-electron chi connectivity index (χ2n) is 10.3. The molecular weight excluding hydrogens is 486 g/mol. The van der Waals surface area contributed by atoms with Crippen molar-refractivity contribution in [3.05, 3.63) is 64.5 Å². The summed E-state index contributed by atoms with van der Waals surface area (Å²) in [6.45, 7) is 24.1. The predicted octanol–water partition coefficient (Wildman–Crippen LogP) is 7.88. The third-order valence-corrected chi connectivity index (χ3v) is 7.54. The van der Waals surface area contributed by atoms with Crippen LogP contribution in [0.2, 0.25) is 0 Å². The van der Waals surface area contributed by atoms with Gasteiger partial charge in [0.2, 0.25) is 0 Å². The van der Waals surface area contributed by atoms with Crippen molar-refractivity contribution >= 4 is 18.2 Å². The molecule has 1 aliphatic rings. The fraction of sp³-hybridized carbons (Fsp3) is 0.636. The Balaban J connectivity index is 0.00000105. The number of aliphatic hydroxyl groups excluding tert-OH is 1. The number of piperidine rings is 1. The fourth-order valence-electron chi connectivity index (χ4n) is 4.76. The van der Waals surface area contributed by atoms with Crippen LogP contribution in [-0.4, -0.2) is 48.8 Å².